The molecule has 3 N–H and O–H groups in total. The van der Waals surface area contributed by atoms with Crippen molar-refractivity contribution in [2.75, 3.05) is 6.61 Å². The Bertz CT molecular complexity index is 401. The molecule has 0 spiro atoms. The van der Waals surface area contributed by atoms with Gasteiger partial charge in [0.2, 0.25) is 0 Å². The lowest BCUT2D eigenvalue weighted by molar-refractivity contribution is 0.0591. The molecule has 0 amide bonds. The summed E-state index contributed by atoms with van der Waals surface area (Å²) in [5, 5.41) is 9.37. The first kappa shape index (κ1) is 14.9. The molecule has 0 aromatic heterocycles. The minimum Gasteiger partial charge on any atom is -0.486 e. The Morgan fingerprint density at radius 3 is 2.44 bits per heavy atom. The van der Waals surface area contributed by atoms with Gasteiger partial charge in [-0.2, -0.15) is 0 Å². The molecule has 0 bridgehead atoms. The third kappa shape index (κ3) is 3.68. The molecule has 0 aliphatic heterocycles. The van der Waals surface area contributed by atoms with Crippen LogP contribution < -0.4 is 10.5 Å². The first-order chi connectivity index (χ1) is 8.25. The van der Waals surface area contributed by atoms with Crippen LogP contribution in [0.5, 0.6) is 5.75 Å². The Balaban J connectivity index is 2.83. The standard InChI is InChI=1S/C14H22FNO2/c1-9-7-10(5-6-11(9)15)18-12(8-17)13(16)14(2,3)4/h5-7,12-13,17H,8,16H2,1-4H3. The van der Waals surface area contributed by atoms with Gasteiger partial charge in [0.05, 0.1) is 6.61 Å². The molecule has 18 heavy (non-hydrogen) atoms. The quantitative estimate of drug-likeness (QED) is 0.867. The van der Waals surface area contributed by atoms with Crippen molar-refractivity contribution in [2.45, 2.75) is 39.8 Å². The van der Waals surface area contributed by atoms with Gasteiger partial charge in [-0.15, -0.1) is 0 Å². The van der Waals surface area contributed by atoms with Crippen LogP contribution in [0.3, 0.4) is 0 Å². The molecule has 0 heterocycles. The Morgan fingerprint density at radius 2 is 2.00 bits per heavy atom. The molecule has 0 fully saturated rings. The summed E-state index contributed by atoms with van der Waals surface area (Å²) in [7, 11) is 0. The second kappa shape index (κ2) is 5.67. The Hall–Kier alpha value is -1.13. The number of rotatable bonds is 4. The first-order valence-electron chi connectivity index (χ1n) is 6.05. The van der Waals surface area contributed by atoms with Crippen LogP contribution in [0, 0.1) is 18.2 Å². The van der Waals surface area contributed by atoms with Gasteiger partial charge in [0.25, 0.3) is 0 Å². The number of aryl methyl sites for hydroxylation is 1. The number of benzene rings is 1. The molecule has 0 aliphatic carbocycles. The Kier molecular flexibility index (Phi) is 4.71. The van der Waals surface area contributed by atoms with E-state index in [1.165, 1.54) is 6.07 Å². The van der Waals surface area contributed by atoms with E-state index in [1.807, 2.05) is 20.8 Å². The van der Waals surface area contributed by atoms with Gasteiger partial charge in [-0.05, 0) is 36.1 Å². The Labute approximate surface area is 108 Å². The Morgan fingerprint density at radius 1 is 1.39 bits per heavy atom. The average molecular weight is 255 g/mol. The fraction of sp³-hybridized carbons (Fsp3) is 0.571. The van der Waals surface area contributed by atoms with Crippen molar-refractivity contribution in [3.8, 4) is 5.75 Å². The molecule has 0 saturated heterocycles. The summed E-state index contributed by atoms with van der Waals surface area (Å²) in [6, 6.07) is 4.18. The van der Waals surface area contributed by atoms with E-state index in [4.69, 9.17) is 10.5 Å². The van der Waals surface area contributed by atoms with E-state index in [-0.39, 0.29) is 23.9 Å². The zero-order valence-corrected chi connectivity index (χ0v) is 11.4. The van der Waals surface area contributed by atoms with Gasteiger partial charge in [-0.1, -0.05) is 20.8 Å². The molecule has 0 saturated carbocycles. The number of aliphatic hydroxyl groups is 1. The topological polar surface area (TPSA) is 55.5 Å². The summed E-state index contributed by atoms with van der Waals surface area (Å²) in [6.07, 6.45) is -0.505. The lowest BCUT2D eigenvalue weighted by Crippen LogP contribution is -2.49. The second-order valence-corrected chi connectivity index (χ2v) is 5.64. The van der Waals surface area contributed by atoms with Crippen LogP contribution in [-0.2, 0) is 0 Å². The largest absolute Gasteiger partial charge is 0.486 e. The summed E-state index contributed by atoms with van der Waals surface area (Å²) in [5.41, 5.74) is 6.39. The SMILES string of the molecule is Cc1cc(OC(CO)C(N)C(C)(C)C)ccc1F. The number of hydrogen-bond acceptors (Lipinski definition) is 3. The van der Waals surface area contributed by atoms with Gasteiger partial charge in [-0.3, -0.25) is 0 Å². The van der Waals surface area contributed by atoms with Crippen LogP contribution in [0.4, 0.5) is 4.39 Å². The fourth-order valence-electron chi connectivity index (χ4n) is 1.65. The number of halogens is 1. The zero-order chi connectivity index (χ0) is 13.9. The molecule has 2 unspecified atom stereocenters. The van der Waals surface area contributed by atoms with Gasteiger partial charge < -0.3 is 15.6 Å². The minimum atomic E-state index is -0.505. The molecule has 0 radical (unpaired) electrons. The number of hydrogen-bond donors (Lipinski definition) is 2. The highest BCUT2D eigenvalue weighted by Crippen LogP contribution is 2.24. The molecule has 1 aromatic rings. The first-order valence-corrected chi connectivity index (χ1v) is 6.05. The van der Waals surface area contributed by atoms with Gasteiger partial charge in [-0.25, -0.2) is 4.39 Å². The molecule has 1 rings (SSSR count). The van der Waals surface area contributed by atoms with E-state index < -0.39 is 6.10 Å². The summed E-state index contributed by atoms with van der Waals surface area (Å²) in [6.45, 7) is 7.45. The van der Waals surface area contributed by atoms with Gasteiger partial charge >= 0.3 is 0 Å². The van der Waals surface area contributed by atoms with Crippen LogP contribution >= 0.6 is 0 Å². The van der Waals surface area contributed by atoms with Crippen molar-refractivity contribution >= 4 is 0 Å². The van der Waals surface area contributed by atoms with Crippen molar-refractivity contribution in [3.63, 3.8) is 0 Å². The maximum Gasteiger partial charge on any atom is 0.137 e. The van der Waals surface area contributed by atoms with Crippen LogP contribution in [0.15, 0.2) is 18.2 Å². The maximum absolute atomic E-state index is 13.1. The number of ether oxygens (including phenoxy) is 1. The van der Waals surface area contributed by atoms with E-state index in [0.29, 0.717) is 11.3 Å². The van der Waals surface area contributed by atoms with Crippen molar-refractivity contribution in [1.82, 2.24) is 0 Å². The highest BCUT2D eigenvalue weighted by molar-refractivity contribution is 5.29. The van der Waals surface area contributed by atoms with Crippen molar-refractivity contribution < 1.29 is 14.2 Å². The molecule has 102 valence electrons. The van der Waals surface area contributed by atoms with Crippen LogP contribution in [0.1, 0.15) is 26.3 Å². The molecule has 0 aliphatic rings. The molecular weight excluding hydrogens is 233 g/mol. The molecule has 1 aromatic carbocycles. The second-order valence-electron chi connectivity index (χ2n) is 5.64. The third-order valence-electron chi connectivity index (χ3n) is 3.00. The van der Waals surface area contributed by atoms with Crippen molar-refractivity contribution in [2.24, 2.45) is 11.1 Å². The van der Waals surface area contributed by atoms with Crippen molar-refractivity contribution in [1.29, 1.82) is 0 Å². The van der Waals surface area contributed by atoms with E-state index in [9.17, 15) is 9.50 Å². The normalized spacial score (nSPS) is 15.3. The van der Waals surface area contributed by atoms with Gasteiger partial charge in [0.1, 0.15) is 17.7 Å². The van der Waals surface area contributed by atoms with Gasteiger partial charge in [0.15, 0.2) is 0 Å². The van der Waals surface area contributed by atoms with Gasteiger partial charge in [0, 0.05) is 6.04 Å². The predicted octanol–water partition coefficient (Wildman–Crippen LogP) is 2.25. The minimum absolute atomic E-state index is 0.172. The molecule has 4 heteroatoms. The summed E-state index contributed by atoms with van der Waals surface area (Å²) < 4.78 is 18.8. The van der Waals surface area contributed by atoms with E-state index in [2.05, 4.69) is 0 Å². The van der Waals surface area contributed by atoms with E-state index in [1.54, 1.807) is 19.1 Å². The summed E-state index contributed by atoms with van der Waals surface area (Å²) >= 11 is 0. The highest BCUT2D eigenvalue weighted by Gasteiger charge is 2.30. The lowest BCUT2D eigenvalue weighted by atomic mass is 9.84. The lowest BCUT2D eigenvalue weighted by Gasteiger charge is -2.33. The summed E-state index contributed by atoms with van der Waals surface area (Å²) in [5.74, 6) is 0.246. The fourth-order valence-corrected chi connectivity index (χ4v) is 1.65. The van der Waals surface area contributed by atoms with Crippen LogP contribution in [0.25, 0.3) is 0 Å². The monoisotopic (exact) mass is 255 g/mol. The van der Waals surface area contributed by atoms with Crippen LogP contribution in [0.2, 0.25) is 0 Å². The van der Waals surface area contributed by atoms with E-state index >= 15 is 0 Å². The zero-order valence-electron chi connectivity index (χ0n) is 11.4. The average Bonchev–Trinajstić information content (AvgIpc) is 2.28. The third-order valence-corrected chi connectivity index (χ3v) is 3.00. The van der Waals surface area contributed by atoms with E-state index in [0.717, 1.165) is 0 Å². The number of nitrogens with two attached hydrogens (primary N) is 1. The smallest absolute Gasteiger partial charge is 0.137 e. The predicted molar refractivity (Wildman–Crippen MR) is 70.1 cm³/mol. The molecule has 3 nitrogen and oxygen atoms in total. The van der Waals surface area contributed by atoms with Crippen molar-refractivity contribution in [3.05, 3.63) is 29.6 Å². The molecule has 2 atom stereocenters. The molecular formula is C14H22FNO2. The highest BCUT2D eigenvalue weighted by atomic mass is 19.1. The summed E-state index contributed by atoms with van der Waals surface area (Å²) in [4.78, 5) is 0. The number of aliphatic hydroxyl groups excluding tert-OH is 1. The maximum atomic E-state index is 13.1. The van der Waals surface area contributed by atoms with Crippen LogP contribution in [-0.4, -0.2) is 23.9 Å².